The van der Waals surface area contributed by atoms with E-state index in [2.05, 4.69) is 15.6 Å². The lowest BCUT2D eigenvalue weighted by Gasteiger charge is -2.43. The Morgan fingerprint density at radius 3 is 2.67 bits per heavy atom. The van der Waals surface area contributed by atoms with Crippen molar-refractivity contribution in [2.75, 3.05) is 32.6 Å². The summed E-state index contributed by atoms with van der Waals surface area (Å²) in [5.41, 5.74) is 9.82. The number of methoxy groups -OCH3 is 1. The molecule has 2 heterocycles. The summed E-state index contributed by atoms with van der Waals surface area (Å²) in [6.45, 7) is -1.24. The molecule has 30 heavy (non-hydrogen) atoms. The highest BCUT2D eigenvalue weighted by molar-refractivity contribution is 5.88. The maximum atomic E-state index is 12.4. The molecule has 168 valence electrons. The van der Waals surface area contributed by atoms with Crippen LogP contribution in [0.15, 0.2) is 17.1 Å². The zero-order valence-electron chi connectivity index (χ0n) is 16.2. The maximum absolute atomic E-state index is 12.4. The third kappa shape index (κ3) is 5.29. The number of amides is 2. The first kappa shape index (κ1) is 23.7. The molecule has 1 fully saturated rings. The number of hydrogen-bond acceptors (Lipinski definition) is 11. The van der Waals surface area contributed by atoms with Crippen molar-refractivity contribution in [1.29, 1.82) is 0 Å². The van der Waals surface area contributed by atoms with E-state index in [-0.39, 0.29) is 12.4 Å². The third-order valence-corrected chi connectivity index (χ3v) is 4.51. The monoisotopic (exact) mass is 430 g/mol. The summed E-state index contributed by atoms with van der Waals surface area (Å²) >= 11 is 0. The number of rotatable bonds is 8. The van der Waals surface area contributed by atoms with Gasteiger partial charge in [0.05, 0.1) is 25.8 Å². The Morgan fingerprint density at radius 2 is 2.10 bits per heavy atom. The number of aliphatic hydroxyl groups excluding tert-OH is 3. The first-order chi connectivity index (χ1) is 14.2. The van der Waals surface area contributed by atoms with Crippen molar-refractivity contribution < 1.29 is 34.4 Å². The van der Waals surface area contributed by atoms with E-state index in [1.165, 1.54) is 19.4 Å². The van der Waals surface area contributed by atoms with Crippen molar-refractivity contribution in [2.45, 2.75) is 36.6 Å². The first-order valence-electron chi connectivity index (χ1n) is 8.99. The summed E-state index contributed by atoms with van der Waals surface area (Å²) < 4.78 is 11.7. The van der Waals surface area contributed by atoms with E-state index in [1.54, 1.807) is 0 Å². The minimum atomic E-state index is -1.64. The van der Waals surface area contributed by atoms with E-state index in [9.17, 15) is 29.7 Å². The lowest BCUT2D eigenvalue weighted by Crippen LogP contribution is -2.65. The van der Waals surface area contributed by atoms with Gasteiger partial charge < -0.3 is 46.9 Å². The van der Waals surface area contributed by atoms with Crippen molar-refractivity contribution in [3.8, 4) is 0 Å². The molecule has 9 N–H and O–H groups in total. The number of aliphatic hydroxyl groups is 3. The highest BCUT2D eigenvalue weighted by atomic mass is 16.6. The molecule has 0 spiro atoms. The van der Waals surface area contributed by atoms with Gasteiger partial charge in [0.25, 0.3) is 0 Å². The Hall–Kier alpha value is -2.62. The van der Waals surface area contributed by atoms with Gasteiger partial charge in [0.15, 0.2) is 6.23 Å². The highest BCUT2D eigenvalue weighted by Crippen LogP contribution is 2.28. The van der Waals surface area contributed by atoms with Crippen LogP contribution in [0.3, 0.4) is 0 Å². The van der Waals surface area contributed by atoms with Gasteiger partial charge in [-0.15, -0.1) is 0 Å². The lowest BCUT2D eigenvalue weighted by atomic mass is 9.95. The fourth-order valence-corrected chi connectivity index (χ4v) is 2.99. The molecule has 2 amide bonds. The lowest BCUT2D eigenvalue weighted by molar-refractivity contribution is -0.222. The molecule has 0 aromatic carbocycles. The van der Waals surface area contributed by atoms with Crippen molar-refractivity contribution >= 4 is 17.6 Å². The Bertz CT molecular complexity index is 804. The van der Waals surface area contributed by atoms with Crippen LogP contribution in [0, 0.1) is 0 Å². The van der Waals surface area contributed by atoms with Gasteiger partial charge >= 0.3 is 5.69 Å². The van der Waals surface area contributed by atoms with Crippen LogP contribution in [0.5, 0.6) is 0 Å². The number of carbonyl (C=O) groups is 2. The number of carbonyl (C=O) groups excluding carboxylic acids is 2. The average molecular weight is 430 g/mol. The largest absolute Gasteiger partial charge is 0.394 e. The van der Waals surface area contributed by atoms with Crippen LogP contribution in [-0.2, 0) is 19.1 Å². The summed E-state index contributed by atoms with van der Waals surface area (Å²) in [6.07, 6.45) is -4.33. The van der Waals surface area contributed by atoms with E-state index in [0.29, 0.717) is 0 Å². The minimum Gasteiger partial charge on any atom is -0.394 e. The van der Waals surface area contributed by atoms with E-state index in [1.807, 2.05) is 0 Å². The predicted molar refractivity (Wildman–Crippen MR) is 101 cm³/mol. The summed E-state index contributed by atoms with van der Waals surface area (Å²) in [7, 11) is 1.35. The maximum Gasteiger partial charge on any atom is 0.351 e. The number of nitrogen functional groups attached to an aromatic ring is 1. The number of nitrogens with one attached hydrogen (secondary N) is 2. The number of hydrogen-bond donors (Lipinski definition) is 7. The number of nitrogens with two attached hydrogens (primary N) is 2. The summed E-state index contributed by atoms with van der Waals surface area (Å²) in [5, 5.41) is 35.1. The molecule has 1 aromatic rings. The molecular formula is C16H26N6O8. The Labute approximate surface area is 170 Å². The topological polar surface area (TPSA) is 224 Å². The average Bonchev–Trinajstić information content (AvgIpc) is 2.71. The van der Waals surface area contributed by atoms with Crippen molar-refractivity contribution in [3.63, 3.8) is 0 Å². The smallest absolute Gasteiger partial charge is 0.351 e. The molecule has 1 aliphatic heterocycles. The standard InChI is InChI=1S/C16H26N6O8/c1-29-6-8-11(21-14(27)7(5-23)19-10(24)4-17)12(25)13(26)15(30-8)22-3-2-9(18)20-16(22)28/h2-3,7-8,11-13,15,23,25-26H,4-6,17H2,1H3,(H,19,24)(H,21,27)(H2,18,20,28)/t7-,8+,11?,12-,13?,15?/m0/s1. The summed E-state index contributed by atoms with van der Waals surface area (Å²) in [5.74, 6) is -1.55. The van der Waals surface area contributed by atoms with Crippen LogP contribution in [-0.4, -0.2) is 93.9 Å². The molecule has 0 aliphatic carbocycles. The van der Waals surface area contributed by atoms with Crippen LogP contribution >= 0.6 is 0 Å². The third-order valence-electron chi connectivity index (χ3n) is 4.51. The molecule has 1 aliphatic rings. The van der Waals surface area contributed by atoms with Crippen LogP contribution in [0.25, 0.3) is 0 Å². The van der Waals surface area contributed by atoms with Gasteiger partial charge in [0.1, 0.15) is 30.2 Å². The van der Waals surface area contributed by atoms with Gasteiger partial charge in [-0.25, -0.2) is 4.79 Å². The fraction of sp³-hybridized carbons (Fsp3) is 0.625. The van der Waals surface area contributed by atoms with E-state index >= 15 is 0 Å². The SMILES string of the molecule is COC[C@H]1OC(n2ccc(N)nc2=O)C(O)[C@@H](O)C1NC(=O)[C@H](CO)NC(=O)CN. The number of aromatic nitrogens is 2. The van der Waals surface area contributed by atoms with E-state index in [0.717, 1.165) is 4.57 Å². The van der Waals surface area contributed by atoms with E-state index in [4.69, 9.17) is 20.9 Å². The van der Waals surface area contributed by atoms with Crippen LogP contribution in [0.1, 0.15) is 6.23 Å². The molecule has 14 heteroatoms. The quantitative estimate of drug-likeness (QED) is 0.207. The normalized spacial score (nSPS) is 27.3. The van der Waals surface area contributed by atoms with Gasteiger partial charge in [-0.1, -0.05) is 0 Å². The molecule has 0 radical (unpaired) electrons. The Morgan fingerprint density at radius 1 is 1.40 bits per heavy atom. The molecular weight excluding hydrogens is 404 g/mol. The molecule has 0 bridgehead atoms. The number of nitrogens with zero attached hydrogens (tertiary/aromatic N) is 2. The van der Waals surface area contributed by atoms with Crippen molar-refractivity contribution in [2.24, 2.45) is 5.73 Å². The minimum absolute atomic E-state index is 0.0322. The molecule has 6 atom stereocenters. The zero-order valence-corrected chi connectivity index (χ0v) is 16.2. The van der Waals surface area contributed by atoms with Crippen LogP contribution < -0.4 is 27.8 Å². The molecule has 1 aromatic heterocycles. The van der Waals surface area contributed by atoms with Crippen LogP contribution in [0.2, 0.25) is 0 Å². The molecule has 3 unspecified atom stereocenters. The van der Waals surface area contributed by atoms with Gasteiger partial charge in [-0.3, -0.25) is 14.2 Å². The Balaban J connectivity index is 2.23. The second-order valence-electron chi connectivity index (χ2n) is 6.59. The predicted octanol–water partition coefficient (Wildman–Crippen LogP) is -4.99. The second kappa shape index (κ2) is 10.4. The summed E-state index contributed by atoms with van der Waals surface area (Å²) in [4.78, 5) is 39.5. The van der Waals surface area contributed by atoms with Gasteiger partial charge in [-0.05, 0) is 6.07 Å². The zero-order chi connectivity index (χ0) is 22.4. The fourth-order valence-electron chi connectivity index (χ4n) is 2.99. The van der Waals surface area contributed by atoms with Crippen LogP contribution in [0.4, 0.5) is 5.82 Å². The second-order valence-corrected chi connectivity index (χ2v) is 6.59. The van der Waals surface area contributed by atoms with Crippen molar-refractivity contribution in [1.82, 2.24) is 20.2 Å². The first-order valence-corrected chi connectivity index (χ1v) is 8.99. The van der Waals surface area contributed by atoms with Crippen molar-refractivity contribution in [3.05, 3.63) is 22.7 Å². The molecule has 2 rings (SSSR count). The highest BCUT2D eigenvalue weighted by Gasteiger charge is 2.46. The molecule has 0 saturated carbocycles. The molecule has 14 nitrogen and oxygen atoms in total. The number of ether oxygens (including phenoxy) is 2. The number of anilines is 1. The van der Waals surface area contributed by atoms with E-state index < -0.39 is 67.3 Å². The van der Waals surface area contributed by atoms with Gasteiger partial charge in [-0.2, -0.15) is 4.98 Å². The molecule has 1 saturated heterocycles. The Kier molecular flexibility index (Phi) is 8.22. The summed E-state index contributed by atoms with van der Waals surface area (Å²) in [6, 6.07) is -1.21. The van der Waals surface area contributed by atoms with Gasteiger partial charge in [0, 0.05) is 13.3 Å². The van der Waals surface area contributed by atoms with Gasteiger partial charge in [0.2, 0.25) is 11.8 Å².